The van der Waals surface area contributed by atoms with E-state index in [1.54, 1.807) is 31.2 Å². The highest BCUT2D eigenvalue weighted by Gasteiger charge is 2.14. The summed E-state index contributed by atoms with van der Waals surface area (Å²) < 4.78 is 24.4. The Morgan fingerprint density at radius 2 is 1.87 bits per heavy atom. The minimum Gasteiger partial charge on any atom is -0.328 e. The monoisotopic (exact) mass is 291 g/mol. The number of hydrogen-bond donors (Lipinski definition) is 1. The van der Waals surface area contributed by atoms with E-state index in [0.717, 1.165) is 4.47 Å². The molecule has 0 amide bonds. The molecule has 0 aliphatic rings. The fourth-order valence-corrected chi connectivity index (χ4v) is 2.83. The molecule has 0 spiro atoms. The van der Waals surface area contributed by atoms with Crippen LogP contribution in [0.15, 0.2) is 33.6 Å². The number of halogens is 1. The van der Waals surface area contributed by atoms with E-state index in [4.69, 9.17) is 5.73 Å². The number of sulfone groups is 1. The number of benzene rings is 1. The molecule has 5 heteroatoms. The van der Waals surface area contributed by atoms with E-state index in [1.807, 2.05) is 0 Å². The Hall–Kier alpha value is -0.390. The third-order valence-corrected chi connectivity index (χ3v) is 4.31. The maximum Gasteiger partial charge on any atom is 0.178 e. The molecule has 2 N–H and O–H groups in total. The quantitative estimate of drug-likeness (QED) is 0.923. The second-order valence-electron chi connectivity index (χ2n) is 3.54. The normalized spacial score (nSPS) is 13.8. The molecule has 0 saturated carbocycles. The number of rotatable bonds is 4. The van der Waals surface area contributed by atoms with Crippen LogP contribution in [0, 0.1) is 0 Å². The van der Waals surface area contributed by atoms with E-state index in [0.29, 0.717) is 11.3 Å². The first kappa shape index (κ1) is 12.7. The van der Waals surface area contributed by atoms with Crippen molar-refractivity contribution in [2.75, 3.05) is 5.75 Å². The van der Waals surface area contributed by atoms with E-state index in [-0.39, 0.29) is 11.8 Å². The van der Waals surface area contributed by atoms with Crippen LogP contribution in [-0.4, -0.2) is 20.2 Å². The first-order valence-electron chi connectivity index (χ1n) is 4.66. The van der Waals surface area contributed by atoms with Crippen LogP contribution in [0.5, 0.6) is 0 Å². The summed E-state index contributed by atoms with van der Waals surface area (Å²) in [4.78, 5) is 0.353. The highest BCUT2D eigenvalue weighted by molar-refractivity contribution is 9.10. The molecule has 15 heavy (non-hydrogen) atoms. The lowest BCUT2D eigenvalue weighted by molar-refractivity contribution is 0.587. The lowest BCUT2D eigenvalue weighted by Gasteiger charge is -2.06. The van der Waals surface area contributed by atoms with Crippen molar-refractivity contribution in [3.05, 3.63) is 28.7 Å². The van der Waals surface area contributed by atoms with E-state index < -0.39 is 9.84 Å². The molecular weight excluding hydrogens is 278 g/mol. The molecule has 84 valence electrons. The molecule has 0 fully saturated rings. The number of hydrogen-bond acceptors (Lipinski definition) is 3. The molecule has 0 aliphatic carbocycles. The van der Waals surface area contributed by atoms with Crippen molar-refractivity contribution in [1.29, 1.82) is 0 Å². The van der Waals surface area contributed by atoms with Gasteiger partial charge in [-0.3, -0.25) is 0 Å². The van der Waals surface area contributed by atoms with Crippen LogP contribution in [-0.2, 0) is 9.84 Å². The smallest absolute Gasteiger partial charge is 0.178 e. The Balaban J connectivity index is 2.82. The minimum atomic E-state index is -3.17. The summed E-state index contributed by atoms with van der Waals surface area (Å²) in [5, 5.41) is 0. The Kier molecular flexibility index (Phi) is 4.31. The molecule has 1 aromatic carbocycles. The summed E-state index contributed by atoms with van der Waals surface area (Å²) in [5.74, 6) is 0.103. The molecule has 3 nitrogen and oxygen atoms in total. The largest absolute Gasteiger partial charge is 0.328 e. The van der Waals surface area contributed by atoms with Crippen molar-refractivity contribution in [3.63, 3.8) is 0 Å². The second kappa shape index (κ2) is 5.09. The van der Waals surface area contributed by atoms with Crippen LogP contribution in [0.2, 0.25) is 0 Å². The van der Waals surface area contributed by atoms with Crippen molar-refractivity contribution < 1.29 is 8.42 Å². The van der Waals surface area contributed by atoms with Crippen molar-refractivity contribution in [2.24, 2.45) is 5.73 Å². The van der Waals surface area contributed by atoms with Crippen molar-refractivity contribution in [2.45, 2.75) is 24.3 Å². The van der Waals surface area contributed by atoms with Gasteiger partial charge in [-0.05, 0) is 37.6 Å². The van der Waals surface area contributed by atoms with Gasteiger partial charge in [0.1, 0.15) is 0 Å². The Bertz CT molecular complexity index is 412. The van der Waals surface area contributed by atoms with Gasteiger partial charge in [-0.15, -0.1) is 0 Å². The maximum absolute atomic E-state index is 11.8. The van der Waals surface area contributed by atoms with Gasteiger partial charge in [0.15, 0.2) is 9.84 Å². The Labute approximate surface area is 98.7 Å². The van der Waals surface area contributed by atoms with Crippen molar-refractivity contribution in [3.8, 4) is 0 Å². The average molecular weight is 292 g/mol. The summed E-state index contributed by atoms with van der Waals surface area (Å²) >= 11 is 3.26. The molecule has 0 bridgehead atoms. The molecule has 0 radical (unpaired) electrons. The molecule has 0 aliphatic heterocycles. The van der Waals surface area contributed by atoms with Crippen molar-refractivity contribution >= 4 is 25.8 Å². The van der Waals surface area contributed by atoms with E-state index in [9.17, 15) is 8.42 Å². The first-order valence-corrected chi connectivity index (χ1v) is 7.10. The summed E-state index contributed by atoms with van der Waals surface area (Å²) in [6.45, 7) is 1.80. The zero-order chi connectivity index (χ0) is 11.5. The van der Waals surface area contributed by atoms with Gasteiger partial charge in [-0.1, -0.05) is 15.9 Å². The molecule has 1 atom stereocenters. The van der Waals surface area contributed by atoms with Crippen LogP contribution in [0.1, 0.15) is 13.3 Å². The van der Waals surface area contributed by atoms with Crippen LogP contribution in [0.4, 0.5) is 0 Å². The van der Waals surface area contributed by atoms with Crippen molar-refractivity contribution in [1.82, 2.24) is 0 Å². The summed E-state index contributed by atoms with van der Waals surface area (Å²) in [5.41, 5.74) is 5.53. The van der Waals surface area contributed by atoms with Crippen LogP contribution in [0.25, 0.3) is 0 Å². The predicted octanol–water partition coefficient (Wildman–Crippen LogP) is 1.96. The van der Waals surface area contributed by atoms with Gasteiger partial charge >= 0.3 is 0 Å². The van der Waals surface area contributed by atoms with Crippen LogP contribution in [0.3, 0.4) is 0 Å². The lowest BCUT2D eigenvalue weighted by Crippen LogP contribution is -2.20. The van der Waals surface area contributed by atoms with E-state index in [1.165, 1.54) is 0 Å². The molecular formula is C10H14BrNO2S. The second-order valence-corrected chi connectivity index (χ2v) is 6.56. The van der Waals surface area contributed by atoms with Gasteiger partial charge in [-0.25, -0.2) is 8.42 Å². The molecule has 1 unspecified atom stereocenters. The SMILES string of the molecule is CC(N)CCS(=O)(=O)c1ccc(Br)cc1. The highest BCUT2D eigenvalue weighted by atomic mass is 79.9. The summed E-state index contributed by atoms with van der Waals surface area (Å²) in [6, 6.07) is 6.55. The minimum absolute atomic E-state index is 0.0878. The topological polar surface area (TPSA) is 60.2 Å². The summed E-state index contributed by atoms with van der Waals surface area (Å²) in [6.07, 6.45) is 0.485. The van der Waals surface area contributed by atoms with Crippen LogP contribution >= 0.6 is 15.9 Å². The fourth-order valence-electron chi connectivity index (χ4n) is 1.10. The van der Waals surface area contributed by atoms with Gasteiger partial charge in [0.05, 0.1) is 10.6 Å². The first-order chi connectivity index (χ1) is 6.92. The highest BCUT2D eigenvalue weighted by Crippen LogP contribution is 2.16. The molecule has 0 heterocycles. The molecule has 1 rings (SSSR count). The zero-order valence-electron chi connectivity index (χ0n) is 8.48. The average Bonchev–Trinajstić information content (AvgIpc) is 2.16. The fraction of sp³-hybridized carbons (Fsp3) is 0.400. The zero-order valence-corrected chi connectivity index (χ0v) is 10.9. The van der Waals surface area contributed by atoms with E-state index >= 15 is 0 Å². The van der Waals surface area contributed by atoms with Crippen LogP contribution < -0.4 is 5.73 Å². The van der Waals surface area contributed by atoms with Gasteiger partial charge in [-0.2, -0.15) is 0 Å². The summed E-state index contributed by atoms with van der Waals surface area (Å²) in [7, 11) is -3.17. The van der Waals surface area contributed by atoms with Gasteiger partial charge in [0.2, 0.25) is 0 Å². The standard InChI is InChI=1S/C10H14BrNO2S/c1-8(12)6-7-15(13,14)10-4-2-9(11)3-5-10/h2-5,8H,6-7,12H2,1H3. The maximum atomic E-state index is 11.8. The predicted molar refractivity (Wildman–Crippen MR) is 64.5 cm³/mol. The van der Waals surface area contributed by atoms with Gasteiger partial charge in [0.25, 0.3) is 0 Å². The molecule has 0 aromatic heterocycles. The molecule has 1 aromatic rings. The van der Waals surface area contributed by atoms with Gasteiger partial charge < -0.3 is 5.73 Å². The third-order valence-electron chi connectivity index (χ3n) is 2.01. The van der Waals surface area contributed by atoms with E-state index in [2.05, 4.69) is 15.9 Å². The molecule has 0 saturated heterocycles. The third kappa shape index (κ3) is 3.93. The Morgan fingerprint density at radius 3 is 2.33 bits per heavy atom. The lowest BCUT2D eigenvalue weighted by atomic mass is 10.3. The van der Waals surface area contributed by atoms with Gasteiger partial charge in [0, 0.05) is 10.5 Å². The number of nitrogens with two attached hydrogens (primary N) is 1. The Morgan fingerprint density at radius 1 is 1.33 bits per heavy atom.